The monoisotopic (exact) mass is 537 g/mol. The van der Waals surface area contributed by atoms with Crippen molar-refractivity contribution < 1.29 is 0 Å². The maximum atomic E-state index is 2.44. The van der Waals surface area contributed by atoms with Gasteiger partial charge >= 0.3 is 0 Å². The van der Waals surface area contributed by atoms with Crippen molar-refractivity contribution in [2.75, 3.05) is 4.90 Å². The zero-order valence-electron chi connectivity index (χ0n) is 23.9. The van der Waals surface area contributed by atoms with Crippen molar-refractivity contribution in [2.24, 2.45) is 0 Å². The summed E-state index contributed by atoms with van der Waals surface area (Å²) in [5.41, 5.74) is 11.4. The van der Waals surface area contributed by atoms with Gasteiger partial charge in [0.15, 0.2) is 0 Å². The number of nitrogens with zero attached hydrogens (tertiary/aromatic N) is 1. The van der Waals surface area contributed by atoms with Crippen molar-refractivity contribution >= 4 is 38.6 Å². The Morgan fingerprint density at radius 2 is 1.10 bits per heavy atom. The molecule has 8 rings (SSSR count). The van der Waals surface area contributed by atoms with E-state index in [1.165, 1.54) is 60.6 Å². The van der Waals surface area contributed by atoms with Crippen LogP contribution in [0.5, 0.6) is 0 Å². The Labute approximate surface area is 247 Å². The summed E-state index contributed by atoms with van der Waals surface area (Å²) in [6, 6.07) is 55.4. The molecule has 1 heteroatoms. The van der Waals surface area contributed by atoms with E-state index in [1.54, 1.807) is 0 Å². The molecule has 0 unspecified atom stereocenters. The molecule has 0 atom stereocenters. The third-order valence-corrected chi connectivity index (χ3v) is 9.02. The Morgan fingerprint density at radius 1 is 0.429 bits per heavy atom. The first-order chi connectivity index (χ1) is 20.6. The third-order valence-electron chi connectivity index (χ3n) is 9.02. The molecule has 1 nitrogen and oxygen atoms in total. The minimum atomic E-state index is -0.0493. The lowest BCUT2D eigenvalue weighted by atomic mass is 9.82. The minimum Gasteiger partial charge on any atom is -0.310 e. The van der Waals surface area contributed by atoms with Gasteiger partial charge in [0.1, 0.15) is 0 Å². The van der Waals surface area contributed by atoms with Gasteiger partial charge in [-0.05, 0) is 98.1 Å². The van der Waals surface area contributed by atoms with E-state index in [4.69, 9.17) is 0 Å². The first-order valence-electron chi connectivity index (χ1n) is 14.7. The molecule has 1 aliphatic rings. The fourth-order valence-electron chi connectivity index (χ4n) is 6.83. The maximum Gasteiger partial charge on any atom is 0.0540 e. The zero-order valence-corrected chi connectivity index (χ0v) is 23.9. The van der Waals surface area contributed by atoms with Gasteiger partial charge in [0.2, 0.25) is 0 Å². The van der Waals surface area contributed by atoms with E-state index < -0.39 is 0 Å². The number of fused-ring (bicyclic) bond motifs is 5. The Morgan fingerprint density at radius 3 is 1.93 bits per heavy atom. The van der Waals surface area contributed by atoms with E-state index in [-0.39, 0.29) is 5.41 Å². The topological polar surface area (TPSA) is 3.24 Å². The summed E-state index contributed by atoms with van der Waals surface area (Å²) in [5.74, 6) is 0. The molecule has 0 N–H and O–H groups in total. The fraction of sp³-hybridized carbons (Fsp3) is 0.0732. The Bertz CT molecular complexity index is 2100. The average molecular weight is 538 g/mol. The van der Waals surface area contributed by atoms with Crippen molar-refractivity contribution in [3.63, 3.8) is 0 Å². The standard InChI is InChI=1S/C41H31N/c1-41(2)38-17-9-8-16-35(38)37-26-32-13-10-18-40(36(32)27-39(37)41)42(33-14-4-3-5-15-33)34-23-21-29(22-24-34)31-20-19-28-11-6-7-12-30(28)25-31/h3-27H,1-2H3. The van der Waals surface area contributed by atoms with Crippen LogP contribution in [0.2, 0.25) is 0 Å². The number of hydrogen-bond acceptors (Lipinski definition) is 1. The van der Waals surface area contributed by atoms with E-state index in [1.807, 2.05) is 0 Å². The molecule has 0 radical (unpaired) electrons. The highest BCUT2D eigenvalue weighted by Crippen LogP contribution is 2.51. The van der Waals surface area contributed by atoms with Gasteiger partial charge < -0.3 is 4.90 Å². The molecule has 0 aromatic heterocycles. The SMILES string of the molecule is CC1(C)c2ccccc2-c2cc3cccc(N(c4ccccc4)c4ccc(-c5ccc6ccccc6c5)cc4)c3cc21. The number of benzene rings is 7. The van der Waals surface area contributed by atoms with Crippen LogP contribution in [0.4, 0.5) is 17.1 Å². The van der Waals surface area contributed by atoms with Crippen LogP contribution < -0.4 is 4.90 Å². The molecular weight excluding hydrogens is 506 g/mol. The molecule has 0 saturated carbocycles. The van der Waals surface area contributed by atoms with Gasteiger partial charge in [-0.15, -0.1) is 0 Å². The smallest absolute Gasteiger partial charge is 0.0540 e. The van der Waals surface area contributed by atoms with Gasteiger partial charge in [0.25, 0.3) is 0 Å². The lowest BCUT2D eigenvalue weighted by Crippen LogP contribution is -2.15. The lowest BCUT2D eigenvalue weighted by molar-refractivity contribution is 0.661. The maximum absolute atomic E-state index is 2.44. The molecule has 0 fully saturated rings. The van der Waals surface area contributed by atoms with E-state index in [2.05, 4.69) is 170 Å². The second kappa shape index (κ2) is 9.46. The van der Waals surface area contributed by atoms with Gasteiger partial charge in [0, 0.05) is 22.2 Å². The zero-order chi connectivity index (χ0) is 28.3. The average Bonchev–Trinajstić information content (AvgIpc) is 3.26. The summed E-state index contributed by atoms with van der Waals surface area (Å²) in [6.07, 6.45) is 0. The molecule has 0 heterocycles. The van der Waals surface area contributed by atoms with Crippen molar-refractivity contribution in [2.45, 2.75) is 19.3 Å². The highest BCUT2D eigenvalue weighted by atomic mass is 15.1. The lowest BCUT2D eigenvalue weighted by Gasteiger charge is -2.28. The second-order valence-corrected chi connectivity index (χ2v) is 11.8. The van der Waals surface area contributed by atoms with Crippen LogP contribution in [0.3, 0.4) is 0 Å². The normalized spacial score (nSPS) is 13.2. The predicted octanol–water partition coefficient (Wildman–Crippen LogP) is 11.4. The highest BCUT2D eigenvalue weighted by molar-refractivity contribution is 6.03. The van der Waals surface area contributed by atoms with Gasteiger partial charge in [-0.2, -0.15) is 0 Å². The molecule has 0 saturated heterocycles. The van der Waals surface area contributed by atoms with Crippen LogP contribution in [0.1, 0.15) is 25.0 Å². The number of para-hydroxylation sites is 1. The number of rotatable bonds is 4. The van der Waals surface area contributed by atoms with E-state index in [9.17, 15) is 0 Å². The molecule has 0 amide bonds. The molecular formula is C41H31N. The van der Waals surface area contributed by atoms with Gasteiger partial charge in [-0.25, -0.2) is 0 Å². The summed E-state index contributed by atoms with van der Waals surface area (Å²) >= 11 is 0. The fourth-order valence-corrected chi connectivity index (χ4v) is 6.83. The highest BCUT2D eigenvalue weighted by Gasteiger charge is 2.35. The van der Waals surface area contributed by atoms with Crippen molar-refractivity contribution in [1.29, 1.82) is 0 Å². The van der Waals surface area contributed by atoms with Crippen LogP contribution in [0.15, 0.2) is 152 Å². The molecule has 42 heavy (non-hydrogen) atoms. The van der Waals surface area contributed by atoms with Crippen LogP contribution >= 0.6 is 0 Å². The van der Waals surface area contributed by atoms with Crippen LogP contribution in [-0.2, 0) is 5.41 Å². The van der Waals surface area contributed by atoms with Crippen LogP contribution in [0, 0.1) is 0 Å². The third kappa shape index (κ3) is 3.85. The first-order valence-corrected chi connectivity index (χ1v) is 14.7. The molecule has 0 aliphatic heterocycles. The van der Waals surface area contributed by atoms with Crippen molar-refractivity contribution in [1.82, 2.24) is 0 Å². The van der Waals surface area contributed by atoms with E-state index in [0.717, 1.165) is 11.4 Å². The van der Waals surface area contributed by atoms with Crippen molar-refractivity contribution in [3.8, 4) is 22.3 Å². The molecule has 7 aromatic carbocycles. The first kappa shape index (κ1) is 24.6. The van der Waals surface area contributed by atoms with Crippen LogP contribution in [-0.4, -0.2) is 0 Å². The Kier molecular flexibility index (Phi) is 5.55. The second-order valence-electron chi connectivity index (χ2n) is 11.8. The summed E-state index contributed by atoms with van der Waals surface area (Å²) < 4.78 is 0. The molecule has 0 spiro atoms. The minimum absolute atomic E-state index is 0.0493. The molecule has 200 valence electrons. The molecule has 1 aliphatic carbocycles. The van der Waals surface area contributed by atoms with Crippen LogP contribution in [0.25, 0.3) is 43.8 Å². The summed E-state index contributed by atoms with van der Waals surface area (Å²) in [5, 5.41) is 5.05. The Hall–Kier alpha value is -5.14. The quantitative estimate of drug-likeness (QED) is 0.216. The Balaban J connectivity index is 1.28. The summed E-state index contributed by atoms with van der Waals surface area (Å²) in [4.78, 5) is 2.40. The molecule has 7 aromatic rings. The van der Waals surface area contributed by atoms with E-state index in [0.29, 0.717) is 0 Å². The van der Waals surface area contributed by atoms with E-state index >= 15 is 0 Å². The van der Waals surface area contributed by atoms with Gasteiger partial charge in [-0.1, -0.05) is 117 Å². The largest absolute Gasteiger partial charge is 0.310 e. The van der Waals surface area contributed by atoms with Crippen molar-refractivity contribution in [3.05, 3.63) is 163 Å². The molecule has 0 bridgehead atoms. The summed E-state index contributed by atoms with van der Waals surface area (Å²) in [7, 11) is 0. The summed E-state index contributed by atoms with van der Waals surface area (Å²) in [6.45, 7) is 4.71. The predicted molar refractivity (Wildman–Crippen MR) is 179 cm³/mol. The number of hydrogen-bond donors (Lipinski definition) is 0. The number of anilines is 3. The van der Waals surface area contributed by atoms with Gasteiger partial charge in [-0.3, -0.25) is 0 Å². The van der Waals surface area contributed by atoms with Gasteiger partial charge in [0.05, 0.1) is 5.69 Å².